The largest absolute Gasteiger partial charge is 0.496 e. The summed E-state index contributed by atoms with van der Waals surface area (Å²) in [5, 5.41) is 5.33. The Morgan fingerprint density at radius 1 is 1.24 bits per heavy atom. The summed E-state index contributed by atoms with van der Waals surface area (Å²) >= 11 is 0. The lowest BCUT2D eigenvalue weighted by atomic mass is 9.93. The molecule has 1 atom stereocenters. The molecule has 0 saturated carbocycles. The summed E-state index contributed by atoms with van der Waals surface area (Å²) in [6.45, 7) is 3.60. The predicted octanol–water partition coefficient (Wildman–Crippen LogP) is 1.80. The zero-order valence-corrected chi connectivity index (χ0v) is 12.4. The van der Waals surface area contributed by atoms with Gasteiger partial charge in [0.2, 0.25) is 0 Å². The molecule has 1 heterocycles. The first-order chi connectivity index (χ1) is 9.97. The highest BCUT2D eigenvalue weighted by atomic mass is 16.5. The predicted molar refractivity (Wildman–Crippen MR) is 76.9 cm³/mol. The molecule has 0 radical (unpaired) electrons. The Morgan fingerprint density at radius 3 is 2.57 bits per heavy atom. The summed E-state index contributed by atoms with van der Waals surface area (Å²) in [6, 6.07) is 4.61. The molecule has 0 fully saturated rings. The highest BCUT2D eigenvalue weighted by Gasteiger charge is 2.33. The number of ether oxygens (including phenoxy) is 2. The quantitative estimate of drug-likeness (QED) is 0.832. The molecule has 2 rings (SSSR count). The number of methoxy groups -OCH3 is 2. The fourth-order valence-electron chi connectivity index (χ4n) is 2.39. The molecule has 112 valence electrons. The minimum atomic E-state index is -0.610. The Bertz CT molecular complexity index is 622. The van der Waals surface area contributed by atoms with E-state index < -0.39 is 12.0 Å². The van der Waals surface area contributed by atoms with Crippen LogP contribution in [0.15, 0.2) is 29.5 Å². The molecular formula is C15H18N2O4. The third-order valence-electron chi connectivity index (χ3n) is 3.37. The summed E-state index contributed by atoms with van der Waals surface area (Å²) in [5.41, 5.74) is 2.55. The van der Waals surface area contributed by atoms with Gasteiger partial charge in [0.15, 0.2) is 0 Å². The first-order valence-corrected chi connectivity index (χ1v) is 6.49. The fourth-order valence-corrected chi connectivity index (χ4v) is 2.39. The molecule has 6 heteroatoms. The lowest BCUT2D eigenvalue weighted by Gasteiger charge is -2.29. The summed E-state index contributed by atoms with van der Waals surface area (Å²) in [4.78, 5) is 23.8. The van der Waals surface area contributed by atoms with Crippen LogP contribution in [-0.4, -0.2) is 26.2 Å². The number of carbonyl (C=O) groups excluding carboxylic acids is 2. The molecular weight excluding hydrogens is 272 g/mol. The van der Waals surface area contributed by atoms with Crippen LogP contribution in [0.1, 0.15) is 24.1 Å². The van der Waals surface area contributed by atoms with Gasteiger partial charge in [-0.1, -0.05) is 11.6 Å². The van der Waals surface area contributed by atoms with Gasteiger partial charge in [-0.3, -0.25) is 0 Å². The molecule has 0 spiro atoms. The van der Waals surface area contributed by atoms with Crippen molar-refractivity contribution in [2.45, 2.75) is 19.9 Å². The van der Waals surface area contributed by atoms with Gasteiger partial charge in [0.05, 0.1) is 25.8 Å². The molecule has 21 heavy (non-hydrogen) atoms. The van der Waals surface area contributed by atoms with E-state index in [1.165, 1.54) is 7.11 Å². The average Bonchev–Trinajstić information content (AvgIpc) is 2.45. The normalized spacial score (nSPS) is 17.9. The van der Waals surface area contributed by atoms with Gasteiger partial charge in [-0.15, -0.1) is 0 Å². The number of hydrogen-bond acceptors (Lipinski definition) is 4. The number of hydrogen-bond donors (Lipinski definition) is 2. The highest BCUT2D eigenvalue weighted by molar-refractivity contribution is 5.95. The zero-order valence-electron chi connectivity index (χ0n) is 12.4. The van der Waals surface area contributed by atoms with Crippen molar-refractivity contribution >= 4 is 12.0 Å². The minimum Gasteiger partial charge on any atom is -0.496 e. The Kier molecular flexibility index (Phi) is 4.16. The van der Waals surface area contributed by atoms with Crippen LogP contribution in [0.3, 0.4) is 0 Å². The van der Waals surface area contributed by atoms with Gasteiger partial charge >= 0.3 is 12.0 Å². The van der Waals surface area contributed by atoms with E-state index in [0.29, 0.717) is 22.6 Å². The summed E-state index contributed by atoms with van der Waals surface area (Å²) < 4.78 is 10.2. The number of allylic oxidation sites excluding steroid dienone is 1. The smallest absolute Gasteiger partial charge is 0.337 e. The van der Waals surface area contributed by atoms with Crippen molar-refractivity contribution in [2.75, 3.05) is 14.2 Å². The van der Waals surface area contributed by atoms with Crippen molar-refractivity contribution in [3.05, 3.63) is 40.6 Å². The topological polar surface area (TPSA) is 76.7 Å². The van der Waals surface area contributed by atoms with Crippen LogP contribution >= 0.6 is 0 Å². The van der Waals surface area contributed by atoms with E-state index in [4.69, 9.17) is 9.47 Å². The SMILES string of the molecule is COC(=O)C1=C(C)NC(=O)N[C@H]1c1cc(C)ccc1OC. The van der Waals surface area contributed by atoms with Crippen LogP contribution in [0.2, 0.25) is 0 Å². The average molecular weight is 290 g/mol. The van der Waals surface area contributed by atoms with Gasteiger partial charge in [-0.25, -0.2) is 9.59 Å². The monoisotopic (exact) mass is 290 g/mol. The van der Waals surface area contributed by atoms with Crippen LogP contribution in [0.25, 0.3) is 0 Å². The van der Waals surface area contributed by atoms with Crippen LogP contribution in [0, 0.1) is 6.92 Å². The summed E-state index contributed by atoms with van der Waals surface area (Å²) in [5.74, 6) is 0.107. The van der Waals surface area contributed by atoms with Crippen LogP contribution < -0.4 is 15.4 Å². The molecule has 0 bridgehead atoms. The number of esters is 1. The Balaban J connectivity index is 2.59. The van der Waals surface area contributed by atoms with E-state index in [1.54, 1.807) is 14.0 Å². The van der Waals surface area contributed by atoms with E-state index in [9.17, 15) is 9.59 Å². The van der Waals surface area contributed by atoms with Crippen molar-refractivity contribution in [2.24, 2.45) is 0 Å². The maximum absolute atomic E-state index is 12.0. The van der Waals surface area contributed by atoms with Gasteiger partial charge in [-0.05, 0) is 26.0 Å². The highest BCUT2D eigenvalue weighted by Crippen LogP contribution is 2.34. The molecule has 0 aromatic heterocycles. The van der Waals surface area contributed by atoms with Crippen molar-refractivity contribution in [1.82, 2.24) is 10.6 Å². The Labute approximate surface area is 123 Å². The third kappa shape index (κ3) is 2.84. The van der Waals surface area contributed by atoms with E-state index in [0.717, 1.165) is 5.56 Å². The number of rotatable bonds is 3. The van der Waals surface area contributed by atoms with Crippen molar-refractivity contribution < 1.29 is 19.1 Å². The molecule has 0 aliphatic carbocycles. The lowest BCUT2D eigenvalue weighted by molar-refractivity contribution is -0.136. The Morgan fingerprint density at radius 2 is 1.95 bits per heavy atom. The molecule has 1 aliphatic rings. The summed E-state index contributed by atoms with van der Waals surface area (Å²) in [7, 11) is 2.86. The second kappa shape index (κ2) is 5.87. The first-order valence-electron chi connectivity index (χ1n) is 6.49. The molecule has 1 aromatic carbocycles. The number of aryl methyl sites for hydroxylation is 1. The second-order valence-corrected chi connectivity index (χ2v) is 4.81. The molecule has 2 amide bonds. The molecule has 6 nitrogen and oxygen atoms in total. The standard InChI is InChI=1S/C15H18N2O4/c1-8-5-6-11(20-3)10(7-8)13-12(14(18)21-4)9(2)16-15(19)17-13/h5-7,13H,1-4H3,(H2,16,17,19)/t13-/m0/s1. The van der Waals surface area contributed by atoms with Crippen LogP contribution in [0.4, 0.5) is 4.79 Å². The van der Waals surface area contributed by atoms with E-state index in [2.05, 4.69) is 10.6 Å². The molecule has 0 unspecified atom stereocenters. The molecule has 1 aliphatic heterocycles. The number of carbonyl (C=O) groups is 2. The number of nitrogens with one attached hydrogen (secondary N) is 2. The second-order valence-electron chi connectivity index (χ2n) is 4.81. The van der Waals surface area contributed by atoms with Gasteiger partial charge < -0.3 is 20.1 Å². The van der Waals surface area contributed by atoms with Gasteiger partial charge in [-0.2, -0.15) is 0 Å². The Hall–Kier alpha value is -2.50. The van der Waals surface area contributed by atoms with Gasteiger partial charge in [0.1, 0.15) is 5.75 Å². The van der Waals surface area contributed by atoms with Crippen molar-refractivity contribution in [1.29, 1.82) is 0 Å². The number of amides is 2. The van der Waals surface area contributed by atoms with Crippen molar-refractivity contribution in [3.63, 3.8) is 0 Å². The van der Waals surface area contributed by atoms with Crippen LogP contribution in [0.5, 0.6) is 5.75 Å². The lowest BCUT2D eigenvalue weighted by Crippen LogP contribution is -2.45. The van der Waals surface area contributed by atoms with E-state index in [-0.39, 0.29) is 6.03 Å². The van der Waals surface area contributed by atoms with Crippen LogP contribution in [-0.2, 0) is 9.53 Å². The van der Waals surface area contributed by atoms with E-state index >= 15 is 0 Å². The van der Waals surface area contributed by atoms with Gasteiger partial charge in [0.25, 0.3) is 0 Å². The maximum atomic E-state index is 12.0. The minimum absolute atomic E-state index is 0.362. The zero-order chi connectivity index (χ0) is 15.6. The molecule has 0 saturated heterocycles. The number of benzene rings is 1. The van der Waals surface area contributed by atoms with E-state index in [1.807, 2.05) is 25.1 Å². The molecule has 1 aromatic rings. The fraction of sp³-hybridized carbons (Fsp3) is 0.333. The first kappa shape index (κ1) is 14.9. The van der Waals surface area contributed by atoms with Crippen molar-refractivity contribution in [3.8, 4) is 5.75 Å². The van der Waals surface area contributed by atoms with Gasteiger partial charge in [0, 0.05) is 11.3 Å². The number of urea groups is 1. The molecule has 2 N–H and O–H groups in total. The maximum Gasteiger partial charge on any atom is 0.337 e. The summed E-state index contributed by atoms with van der Waals surface area (Å²) in [6.07, 6.45) is 0. The third-order valence-corrected chi connectivity index (χ3v) is 3.37.